The average Bonchev–Trinajstić information content (AvgIpc) is 2.97. The zero-order valence-electron chi connectivity index (χ0n) is 15.3. The summed E-state index contributed by atoms with van der Waals surface area (Å²) in [5, 5.41) is 0. The van der Waals surface area contributed by atoms with Crippen molar-refractivity contribution >= 4 is 17.6 Å². The molecule has 1 aliphatic heterocycles. The van der Waals surface area contributed by atoms with E-state index < -0.39 is 47.4 Å². The molecule has 2 aromatic rings. The van der Waals surface area contributed by atoms with Gasteiger partial charge in [-0.1, -0.05) is 0 Å². The predicted octanol–water partition coefficient (Wildman–Crippen LogP) is -1.36. The third-order valence-corrected chi connectivity index (χ3v) is 4.19. The molecule has 0 aliphatic carbocycles. The maximum absolute atomic E-state index is 12.8. The predicted molar refractivity (Wildman–Crippen MR) is 91.8 cm³/mol. The lowest BCUT2D eigenvalue weighted by molar-refractivity contribution is -0.155. The first-order chi connectivity index (χ1) is 13.2. The summed E-state index contributed by atoms with van der Waals surface area (Å²) in [6.45, 7) is 3.86. The van der Waals surface area contributed by atoms with E-state index in [9.17, 15) is 24.0 Å². The zero-order valence-corrected chi connectivity index (χ0v) is 15.3. The maximum atomic E-state index is 12.8. The molecule has 12 nitrogen and oxygen atoms in total. The maximum Gasteiger partial charge on any atom is 0.351 e. The molecule has 1 aliphatic rings. The molecule has 3 rings (SSSR count). The fraction of sp³-hybridized carbons (Fsp3) is 0.500. The van der Waals surface area contributed by atoms with Gasteiger partial charge in [0.25, 0.3) is 0 Å². The number of aromatic amines is 1. The SMILES string of the molecule is CC(=O)OC[C@H]1O[C@@H](n2cc(C)c3nc(=O)[nH]c(=O)n3c2=O)C[C@@H]1OC(C)=O. The highest BCUT2D eigenvalue weighted by molar-refractivity contribution is 5.66. The first-order valence-corrected chi connectivity index (χ1v) is 8.38. The number of hydrogen-bond acceptors (Lipinski definition) is 9. The summed E-state index contributed by atoms with van der Waals surface area (Å²) < 4.78 is 17.8. The molecule has 0 radical (unpaired) electrons. The van der Waals surface area contributed by atoms with Gasteiger partial charge in [-0.2, -0.15) is 9.38 Å². The van der Waals surface area contributed by atoms with Crippen molar-refractivity contribution in [1.82, 2.24) is 18.9 Å². The van der Waals surface area contributed by atoms with Crippen LogP contribution in [0, 0.1) is 6.92 Å². The van der Waals surface area contributed by atoms with E-state index in [-0.39, 0.29) is 18.7 Å². The van der Waals surface area contributed by atoms with Crippen LogP contribution in [0.15, 0.2) is 20.6 Å². The molecular formula is C16H18N4O8. The van der Waals surface area contributed by atoms with Gasteiger partial charge in [0.1, 0.15) is 25.0 Å². The highest BCUT2D eigenvalue weighted by Gasteiger charge is 2.40. The van der Waals surface area contributed by atoms with Crippen molar-refractivity contribution in [3.8, 4) is 0 Å². The molecule has 1 fully saturated rings. The lowest BCUT2D eigenvalue weighted by atomic mass is 10.2. The molecule has 0 amide bonds. The molecule has 2 aromatic heterocycles. The van der Waals surface area contributed by atoms with Crippen LogP contribution in [0.2, 0.25) is 0 Å². The molecule has 12 heteroatoms. The number of ether oxygens (including phenoxy) is 3. The second kappa shape index (κ2) is 7.38. The van der Waals surface area contributed by atoms with Crippen LogP contribution in [0.3, 0.4) is 0 Å². The molecule has 28 heavy (non-hydrogen) atoms. The van der Waals surface area contributed by atoms with E-state index in [4.69, 9.17) is 14.2 Å². The highest BCUT2D eigenvalue weighted by atomic mass is 16.6. The molecule has 3 atom stereocenters. The summed E-state index contributed by atoms with van der Waals surface area (Å²) in [5.74, 6) is -1.09. The Morgan fingerprint density at radius 1 is 1.29 bits per heavy atom. The molecule has 0 spiro atoms. The van der Waals surface area contributed by atoms with Gasteiger partial charge < -0.3 is 14.2 Å². The summed E-state index contributed by atoms with van der Waals surface area (Å²) in [5.41, 5.74) is -2.25. The Labute approximate surface area is 156 Å². The van der Waals surface area contributed by atoms with Crippen LogP contribution in [0.5, 0.6) is 0 Å². The minimum absolute atomic E-state index is 0.0685. The molecule has 1 N–H and O–H groups in total. The quantitative estimate of drug-likeness (QED) is 0.620. The van der Waals surface area contributed by atoms with Crippen LogP contribution in [-0.4, -0.2) is 49.7 Å². The summed E-state index contributed by atoms with van der Waals surface area (Å²) >= 11 is 0. The van der Waals surface area contributed by atoms with E-state index in [2.05, 4.69) is 4.98 Å². The van der Waals surface area contributed by atoms with E-state index in [1.54, 1.807) is 6.92 Å². The van der Waals surface area contributed by atoms with Crippen LogP contribution in [-0.2, 0) is 23.8 Å². The monoisotopic (exact) mass is 394 g/mol. The topological polar surface area (TPSA) is 151 Å². The molecule has 3 heterocycles. The Morgan fingerprint density at radius 2 is 2.00 bits per heavy atom. The molecular weight excluding hydrogens is 376 g/mol. The van der Waals surface area contributed by atoms with Crippen LogP contribution in [0.4, 0.5) is 0 Å². The average molecular weight is 394 g/mol. The number of rotatable bonds is 4. The molecule has 0 bridgehead atoms. The van der Waals surface area contributed by atoms with Crippen molar-refractivity contribution in [3.05, 3.63) is 43.2 Å². The second-order valence-corrected chi connectivity index (χ2v) is 6.32. The van der Waals surface area contributed by atoms with Crippen molar-refractivity contribution < 1.29 is 23.8 Å². The van der Waals surface area contributed by atoms with Crippen molar-refractivity contribution in [3.63, 3.8) is 0 Å². The van der Waals surface area contributed by atoms with Crippen LogP contribution >= 0.6 is 0 Å². The molecule has 1 saturated heterocycles. The number of fused-ring (bicyclic) bond motifs is 1. The standard InChI is InChI=1S/C16H18N4O8/c1-7-5-19(16(25)20-13(7)17-14(23)18-15(20)24)12-4-10(27-9(3)22)11(28-12)6-26-8(2)21/h5,10-12H,4,6H2,1-3H3,(H,18,23,24)/t10-,11+,12+/m0/s1. The van der Waals surface area contributed by atoms with Crippen molar-refractivity contribution in [2.75, 3.05) is 6.61 Å². The van der Waals surface area contributed by atoms with Crippen LogP contribution in [0.25, 0.3) is 5.65 Å². The van der Waals surface area contributed by atoms with Crippen LogP contribution < -0.4 is 17.1 Å². The van der Waals surface area contributed by atoms with Crippen molar-refractivity contribution in [2.45, 2.75) is 45.6 Å². The Hall–Kier alpha value is -3.28. The van der Waals surface area contributed by atoms with Crippen LogP contribution in [0.1, 0.15) is 32.1 Å². The third-order valence-electron chi connectivity index (χ3n) is 4.19. The number of nitrogens with one attached hydrogen (secondary N) is 1. The van der Waals surface area contributed by atoms with Gasteiger partial charge in [0, 0.05) is 32.0 Å². The van der Waals surface area contributed by atoms with Gasteiger partial charge in [0.15, 0.2) is 5.65 Å². The summed E-state index contributed by atoms with van der Waals surface area (Å²) in [4.78, 5) is 64.3. The van der Waals surface area contributed by atoms with Gasteiger partial charge in [-0.3, -0.25) is 19.1 Å². The number of esters is 2. The first kappa shape index (κ1) is 19.5. The summed E-state index contributed by atoms with van der Waals surface area (Å²) in [6.07, 6.45) is -0.935. The van der Waals surface area contributed by atoms with E-state index in [1.807, 2.05) is 4.98 Å². The van der Waals surface area contributed by atoms with Gasteiger partial charge in [-0.05, 0) is 6.92 Å². The number of hydrogen-bond donors (Lipinski definition) is 1. The lowest BCUT2D eigenvalue weighted by Gasteiger charge is -2.18. The minimum atomic E-state index is -0.927. The molecule has 0 aromatic carbocycles. The number of nitrogens with zero attached hydrogens (tertiary/aromatic N) is 3. The Balaban J connectivity index is 2.02. The van der Waals surface area contributed by atoms with E-state index >= 15 is 0 Å². The van der Waals surface area contributed by atoms with E-state index in [1.165, 1.54) is 20.0 Å². The van der Waals surface area contributed by atoms with Crippen molar-refractivity contribution in [1.29, 1.82) is 0 Å². The number of aryl methyl sites for hydroxylation is 1. The van der Waals surface area contributed by atoms with Gasteiger partial charge in [-0.25, -0.2) is 14.4 Å². The largest absolute Gasteiger partial charge is 0.463 e. The molecule has 0 unspecified atom stereocenters. The zero-order chi connectivity index (χ0) is 20.6. The summed E-state index contributed by atoms with van der Waals surface area (Å²) in [6, 6.07) is 0. The number of aromatic nitrogens is 4. The van der Waals surface area contributed by atoms with Gasteiger partial charge in [-0.15, -0.1) is 0 Å². The Bertz CT molecular complexity index is 1110. The Kier molecular flexibility index (Phi) is 5.14. The second-order valence-electron chi connectivity index (χ2n) is 6.32. The number of H-pyrrole nitrogens is 1. The molecule has 0 saturated carbocycles. The first-order valence-electron chi connectivity index (χ1n) is 8.38. The van der Waals surface area contributed by atoms with E-state index in [0.717, 1.165) is 8.97 Å². The third kappa shape index (κ3) is 3.71. The fourth-order valence-corrected chi connectivity index (χ4v) is 3.06. The fourth-order valence-electron chi connectivity index (χ4n) is 3.06. The summed E-state index contributed by atoms with van der Waals surface area (Å²) in [7, 11) is 0. The smallest absolute Gasteiger partial charge is 0.351 e. The minimum Gasteiger partial charge on any atom is -0.463 e. The number of carbonyl (C=O) groups excluding carboxylic acids is 2. The molecule has 150 valence electrons. The van der Waals surface area contributed by atoms with Gasteiger partial charge >= 0.3 is 29.0 Å². The van der Waals surface area contributed by atoms with E-state index in [0.29, 0.717) is 5.56 Å². The van der Waals surface area contributed by atoms with Gasteiger partial charge in [0.2, 0.25) is 0 Å². The van der Waals surface area contributed by atoms with Gasteiger partial charge in [0.05, 0.1) is 0 Å². The lowest BCUT2D eigenvalue weighted by Crippen LogP contribution is -2.41. The Morgan fingerprint density at radius 3 is 2.64 bits per heavy atom. The van der Waals surface area contributed by atoms with Crippen molar-refractivity contribution in [2.24, 2.45) is 0 Å². The number of carbonyl (C=O) groups is 2. The normalized spacial score (nSPS) is 21.6. The highest BCUT2D eigenvalue weighted by Crippen LogP contribution is 2.30.